The summed E-state index contributed by atoms with van der Waals surface area (Å²) >= 11 is 5.82. The molecule has 0 aliphatic carbocycles. The summed E-state index contributed by atoms with van der Waals surface area (Å²) in [5, 5.41) is 10.9. The van der Waals surface area contributed by atoms with Crippen molar-refractivity contribution in [2.75, 3.05) is 20.1 Å². The van der Waals surface area contributed by atoms with Crippen LogP contribution >= 0.6 is 11.6 Å². The van der Waals surface area contributed by atoms with Crippen molar-refractivity contribution in [2.24, 2.45) is 10.9 Å². The van der Waals surface area contributed by atoms with Gasteiger partial charge in [-0.2, -0.15) is 0 Å². The van der Waals surface area contributed by atoms with Crippen molar-refractivity contribution in [1.29, 1.82) is 0 Å². The average Bonchev–Trinajstić information content (AvgIpc) is 2.55. The van der Waals surface area contributed by atoms with Crippen molar-refractivity contribution >= 4 is 17.4 Å². The van der Waals surface area contributed by atoms with Crippen molar-refractivity contribution < 1.29 is 5.11 Å². The highest BCUT2D eigenvalue weighted by molar-refractivity contribution is 6.29. The summed E-state index contributed by atoms with van der Waals surface area (Å²) in [7, 11) is 2.05. The van der Waals surface area contributed by atoms with Crippen molar-refractivity contribution in [3.05, 3.63) is 23.5 Å². The monoisotopic (exact) mass is 355 g/mol. The maximum atomic E-state index is 10.2. The number of aliphatic hydroxyl groups is 1. The Hall–Kier alpha value is -1.00. The molecule has 1 heterocycles. The van der Waals surface area contributed by atoms with Gasteiger partial charge in [-0.3, -0.25) is 0 Å². The summed E-state index contributed by atoms with van der Waals surface area (Å²) in [5.41, 5.74) is 1.15. The Kier molecular flexibility index (Phi) is 8.85. The predicted octanol–water partition coefficient (Wildman–Crippen LogP) is 4.21. The largest absolute Gasteiger partial charge is 0.391 e. The second-order valence-corrected chi connectivity index (χ2v) is 7.47. The highest BCUT2D eigenvalue weighted by atomic mass is 35.5. The lowest BCUT2D eigenvalue weighted by atomic mass is 9.93. The number of hydrogen-bond donors (Lipinski definition) is 1. The molecule has 0 aromatic rings. The van der Waals surface area contributed by atoms with Gasteiger partial charge in [-0.15, -0.1) is 0 Å². The van der Waals surface area contributed by atoms with Gasteiger partial charge < -0.3 is 14.9 Å². The summed E-state index contributed by atoms with van der Waals surface area (Å²) < 4.78 is 0. The summed E-state index contributed by atoms with van der Waals surface area (Å²) in [6.45, 7) is 14.4. The number of rotatable bonds is 7. The zero-order chi connectivity index (χ0) is 18.3. The molecule has 0 radical (unpaired) electrons. The van der Waals surface area contributed by atoms with Crippen LogP contribution in [0.2, 0.25) is 0 Å². The highest BCUT2D eigenvalue weighted by Crippen LogP contribution is 2.28. The van der Waals surface area contributed by atoms with E-state index in [4.69, 9.17) is 11.6 Å². The second kappa shape index (κ2) is 10.1. The quantitative estimate of drug-likeness (QED) is 0.549. The number of hydrogen-bond acceptors (Lipinski definition) is 3. The number of halogens is 1. The van der Waals surface area contributed by atoms with E-state index in [0.29, 0.717) is 11.0 Å². The maximum absolute atomic E-state index is 10.2. The van der Waals surface area contributed by atoms with Gasteiger partial charge in [0.25, 0.3) is 0 Å². The first-order valence-corrected chi connectivity index (χ1v) is 9.37. The molecule has 24 heavy (non-hydrogen) atoms. The number of aliphatic imine (C=N–C) groups is 1. The predicted molar refractivity (Wildman–Crippen MR) is 104 cm³/mol. The molecule has 3 atom stereocenters. The average molecular weight is 356 g/mol. The van der Waals surface area contributed by atoms with E-state index in [0.717, 1.165) is 50.3 Å². The fourth-order valence-corrected chi connectivity index (χ4v) is 3.21. The molecule has 0 aromatic carbocycles. The Morgan fingerprint density at radius 1 is 1.50 bits per heavy atom. The van der Waals surface area contributed by atoms with E-state index in [-0.39, 0.29) is 12.1 Å². The van der Waals surface area contributed by atoms with Gasteiger partial charge in [0.05, 0.1) is 12.1 Å². The molecule has 138 valence electrons. The van der Waals surface area contributed by atoms with Crippen LogP contribution in [-0.2, 0) is 0 Å². The van der Waals surface area contributed by atoms with Crippen LogP contribution in [0.1, 0.15) is 53.4 Å². The van der Waals surface area contributed by atoms with Gasteiger partial charge in [0.15, 0.2) is 0 Å². The standard InChI is InChI=1S/C19H34ClN3O/c1-7-18-19(24)9-8-11-23(18)16(4)14(2)10-12-22(6)17(5)21-13-15(3)20/h13-14,18-19,24H,4,7-12H2,1-3,5-6H3. The van der Waals surface area contributed by atoms with Crippen LogP contribution in [0.4, 0.5) is 0 Å². The number of allylic oxidation sites excluding steroid dienone is 2. The minimum atomic E-state index is -0.227. The summed E-state index contributed by atoms with van der Waals surface area (Å²) in [6.07, 6.45) is 5.37. The Bertz CT molecular complexity index is 471. The van der Waals surface area contributed by atoms with Crippen molar-refractivity contribution in [1.82, 2.24) is 9.80 Å². The van der Waals surface area contributed by atoms with E-state index in [1.807, 2.05) is 20.9 Å². The van der Waals surface area contributed by atoms with Crippen molar-refractivity contribution in [3.8, 4) is 0 Å². The normalized spacial score (nSPS) is 24.0. The molecule has 0 bridgehead atoms. The molecular weight excluding hydrogens is 322 g/mol. The zero-order valence-electron chi connectivity index (χ0n) is 15.9. The Morgan fingerprint density at radius 2 is 2.17 bits per heavy atom. The molecule has 4 nitrogen and oxygen atoms in total. The van der Waals surface area contributed by atoms with Gasteiger partial charge in [-0.05, 0) is 45.4 Å². The van der Waals surface area contributed by atoms with E-state index in [9.17, 15) is 5.11 Å². The number of likely N-dealkylation sites (tertiary alicyclic amines) is 1. The van der Waals surface area contributed by atoms with E-state index < -0.39 is 0 Å². The van der Waals surface area contributed by atoms with Crippen molar-refractivity contribution in [2.45, 2.75) is 65.5 Å². The van der Waals surface area contributed by atoms with E-state index in [1.165, 1.54) is 0 Å². The fourth-order valence-electron chi connectivity index (χ4n) is 3.17. The third kappa shape index (κ3) is 6.14. The van der Waals surface area contributed by atoms with Crippen LogP contribution in [0, 0.1) is 5.92 Å². The van der Waals surface area contributed by atoms with Crippen LogP contribution in [0.3, 0.4) is 0 Å². The third-order valence-corrected chi connectivity index (χ3v) is 5.08. The SMILES string of the molecule is C=C(C(C)CCN(C)C(C)=NC=C(C)Cl)N1CCCC(O)C1CC. The Labute approximate surface area is 152 Å². The lowest BCUT2D eigenvalue weighted by molar-refractivity contribution is 0.0222. The number of amidine groups is 1. The number of aliphatic hydroxyl groups excluding tert-OH is 1. The van der Waals surface area contributed by atoms with Crippen LogP contribution < -0.4 is 0 Å². The van der Waals surface area contributed by atoms with Gasteiger partial charge in [0.1, 0.15) is 5.84 Å². The zero-order valence-corrected chi connectivity index (χ0v) is 16.7. The van der Waals surface area contributed by atoms with Crippen molar-refractivity contribution in [3.63, 3.8) is 0 Å². The van der Waals surface area contributed by atoms with E-state index in [1.54, 1.807) is 6.20 Å². The minimum Gasteiger partial charge on any atom is -0.391 e. The van der Waals surface area contributed by atoms with Gasteiger partial charge in [0, 0.05) is 37.1 Å². The highest BCUT2D eigenvalue weighted by Gasteiger charge is 2.30. The summed E-state index contributed by atoms with van der Waals surface area (Å²) in [5.74, 6) is 1.33. The molecule has 0 spiro atoms. The van der Waals surface area contributed by atoms with Gasteiger partial charge >= 0.3 is 0 Å². The molecule has 0 saturated carbocycles. The topological polar surface area (TPSA) is 39.1 Å². The summed E-state index contributed by atoms with van der Waals surface area (Å²) in [4.78, 5) is 8.83. The van der Waals surface area contributed by atoms with Crippen LogP contribution in [0.15, 0.2) is 28.5 Å². The first-order chi connectivity index (χ1) is 11.3. The second-order valence-electron chi connectivity index (χ2n) is 6.87. The molecule has 1 N–H and O–H groups in total. The molecule has 1 saturated heterocycles. The first kappa shape index (κ1) is 21.0. The van der Waals surface area contributed by atoms with Crippen LogP contribution in [0.5, 0.6) is 0 Å². The maximum Gasteiger partial charge on any atom is 0.101 e. The first-order valence-electron chi connectivity index (χ1n) is 8.99. The van der Waals surface area contributed by atoms with Gasteiger partial charge in [-0.25, -0.2) is 4.99 Å². The van der Waals surface area contributed by atoms with E-state index >= 15 is 0 Å². The Morgan fingerprint density at radius 3 is 2.75 bits per heavy atom. The minimum absolute atomic E-state index is 0.214. The molecule has 1 aliphatic rings. The molecule has 0 aromatic heterocycles. The summed E-state index contributed by atoms with van der Waals surface area (Å²) in [6, 6.07) is 0.214. The third-order valence-electron chi connectivity index (χ3n) is 4.98. The van der Waals surface area contributed by atoms with E-state index in [2.05, 4.69) is 35.2 Å². The molecule has 1 fully saturated rings. The van der Waals surface area contributed by atoms with Gasteiger partial charge in [-0.1, -0.05) is 32.0 Å². The molecule has 1 aliphatic heterocycles. The van der Waals surface area contributed by atoms with Crippen LogP contribution in [0.25, 0.3) is 0 Å². The lowest BCUT2D eigenvalue weighted by Gasteiger charge is -2.43. The van der Waals surface area contributed by atoms with Crippen LogP contribution in [-0.4, -0.2) is 53.0 Å². The fraction of sp³-hybridized carbons (Fsp3) is 0.737. The number of nitrogens with zero attached hydrogens (tertiary/aromatic N) is 3. The van der Waals surface area contributed by atoms with Gasteiger partial charge in [0.2, 0.25) is 0 Å². The lowest BCUT2D eigenvalue weighted by Crippen LogP contribution is -2.48. The molecule has 5 heteroatoms. The smallest absolute Gasteiger partial charge is 0.101 e. The number of piperidine rings is 1. The Balaban J connectivity index is 2.57. The molecule has 0 amide bonds. The molecule has 3 unspecified atom stereocenters. The molecule has 1 rings (SSSR count). The molecular formula is C19H34ClN3O.